The number of fused-ring (bicyclic) bond motifs is 2. The second-order valence-corrected chi connectivity index (χ2v) is 7.91. The quantitative estimate of drug-likeness (QED) is 0.337. The molecule has 0 spiro atoms. The fraction of sp³-hybridized carbons (Fsp3) is 0.304. The molecule has 7 nitrogen and oxygen atoms in total. The standard InChI is InChI=1S/C23H22F2N4O3.ClH/c24-23(25)5-8-28(9-6-23)10-11-31-17-3-4-21-18(12-17)19(27-30)13-22(32-21)20-15-29-7-1-2-16(29)14-26-20;/h1-4,7,12-15,30H,5-6,8-11H2;1H. The molecule has 1 aliphatic heterocycles. The van der Waals surface area contributed by atoms with Crippen molar-refractivity contribution in [3.05, 3.63) is 60.3 Å². The van der Waals surface area contributed by atoms with Gasteiger partial charge in [-0.2, -0.15) is 0 Å². The van der Waals surface area contributed by atoms with Gasteiger partial charge in [-0.3, -0.25) is 4.90 Å². The zero-order valence-corrected chi connectivity index (χ0v) is 18.5. The topological polar surface area (TPSA) is 75.5 Å². The van der Waals surface area contributed by atoms with E-state index in [4.69, 9.17) is 9.15 Å². The summed E-state index contributed by atoms with van der Waals surface area (Å²) < 4.78 is 40.3. The van der Waals surface area contributed by atoms with Crippen LogP contribution in [0.25, 0.3) is 27.9 Å². The number of likely N-dealkylation sites (tertiary alicyclic amines) is 1. The molecule has 10 heteroatoms. The van der Waals surface area contributed by atoms with Crippen LogP contribution in [0.5, 0.6) is 5.75 Å². The third-order valence-electron chi connectivity index (χ3n) is 5.75. The summed E-state index contributed by atoms with van der Waals surface area (Å²) in [6.45, 7) is 1.68. The Labute approximate surface area is 194 Å². The van der Waals surface area contributed by atoms with Crippen molar-refractivity contribution >= 4 is 28.9 Å². The normalized spacial score (nSPS) is 16.7. The van der Waals surface area contributed by atoms with Crippen molar-refractivity contribution in [2.45, 2.75) is 18.8 Å². The van der Waals surface area contributed by atoms with Gasteiger partial charge in [-0.15, -0.1) is 12.4 Å². The van der Waals surface area contributed by atoms with Crippen LogP contribution >= 0.6 is 12.4 Å². The molecular formula is C23H23ClF2N4O3. The number of piperidine rings is 1. The van der Waals surface area contributed by atoms with Crippen molar-refractivity contribution in [2.75, 3.05) is 26.2 Å². The second kappa shape index (κ2) is 9.36. The molecule has 174 valence electrons. The Morgan fingerprint density at radius 2 is 2.00 bits per heavy atom. The molecule has 0 aliphatic carbocycles. The Balaban J connectivity index is 0.00000259. The highest BCUT2D eigenvalue weighted by Gasteiger charge is 2.33. The summed E-state index contributed by atoms with van der Waals surface area (Å²) in [5.41, 5.74) is 2.09. The number of nitrogens with zero attached hydrogens (tertiary/aromatic N) is 4. The van der Waals surface area contributed by atoms with E-state index in [1.165, 1.54) is 0 Å². The summed E-state index contributed by atoms with van der Waals surface area (Å²) in [4.78, 5) is 6.40. The Kier molecular flexibility index (Phi) is 6.53. The van der Waals surface area contributed by atoms with Crippen LogP contribution in [-0.4, -0.2) is 51.7 Å². The molecule has 1 saturated heterocycles. The van der Waals surface area contributed by atoms with Crippen molar-refractivity contribution in [1.29, 1.82) is 0 Å². The molecule has 0 radical (unpaired) electrons. The molecule has 1 N–H and O–H groups in total. The van der Waals surface area contributed by atoms with Crippen molar-refractivity contribution < 1.29 is 23.1 Å². The fourth-order valence-electron chi connectivity index (χ4n) is 3.90. The molecule has 1 aliphatic rings. The van der Waals surface area contributed by atoms with E-state index in [1.807, 2.05) is 33.8 Å². The van der Waals surface area contributed by atoms with Gasteiger partial charge in [-0.1, -0.05) is 5.16 Å². The number of alkyl halides is 2. The van der Waals surface area contributed by atoms with Crippen molar-refractivity contribution in [1.82, 2.24) is 14.3 Å². The molecule has 1 aromatic carbocycles. The summed E-state index contributed by atoms with van der Waals surface area (Å²) in [5, 5.41) is 13.9. The van der Waals surface area contributed by atoms with Crippen LogP contribution in [0, 0.1) is 0 Å². The lowest BCUT2D eigenvalue weighted by atomic mass is 10.1. The van der Waals surface area contributed by atoms with Crippen LogP contribution in [0.3, 0.4) is 0 Å². The first-order valence-corrected chi connectivity index (χ1v) is 10.4. The average Bonchev–Trinajstić information content (AvgIpc) is 3.27. The highest BCUT2D eigenvalue weighted by Crippen LogP contribution is 2.28. The highest BCUT2D eigenvalue weighted by molar-refractivity contribution is 5.85. The van der Waals surface area contributed by atoms with Gasteiger partial charge >= 0.3 is 0 Å². The van der Waals surface area contributed by atoms with Gasteiger partial charge in [0.1, 0.15) is 29.0 Å². The smallest absolute Gasteiger partial charge is 0.250 e. The maximum Gasteiger partial charge on any atom is 0.250 e. The lowest BCUT2D eigenvalue weighted by Crippen LogP contribution is -2.41. The molecule has 0 bridgehead atoms. The Morgan fingerprint density at radius 3 is 2.79 bits per heavy atom. The number of hydrogen-bond donors (Lipinski definition) is 1. The third kappa shape index (κ3) is 4.94. The van der Waals surface area contributed by atoms with Gasteiger partial charge in [0.25, 0.3) is 5.92 Å². The number of ether oxygens (including phenoxy) is 1. The first-order valence-electron chi connectivity index (χ1n) is 10.4. The maximum atomic E-state index is 13.3. The van der Waals surface area contributed by atoms with Crippen LogP contribution in [0.15, 0.2) is 64.6 Å². The second-order valence-electron chi connectivity index (χ2n) is 7.91. The lowest BCUT2D eigenvalue weighted by Gasteiger charge is -2.31. The summed E-state index contributed by atoms with van der Waals surface area (Å²) in [6.07, 6.45) is 5.28. The van der Waals surface area contributed by atoms with Gasteiger partial charge in [0.2, 0.25) is 0 Å². The summed E-state index contributed by atoms with van der Waals surface area (Å²) in [7, 11) is 0. The summed E-state index contributed by atoms with van der Waals surface area (Å²) >= 11 is 0. The minimum absolute atomic E-state index is 0. The minimum Gasteiger partial charge on any atom is -0.492 e. The molecule has 5 rings (SSSR count). The summed E-state index contributed by atoms with van der Waals surface area (Å²) in [6, 6.07) is 10.8. The van der Waals surface area contributed by atoms with Gasteiger partial charge in [-0.05, 0) is 30.3 Å². The van der Waals surface area contributed by atoms with Crippen LogP contribution in [-0.2, 0) is 0 Å². The van der Waals surface area contributed by atoms with E-state index in [9.17, 15) is 14.0 Å². The molecule has 4 aromatic rings. The Hall–Kier alpha value is -3.17. The zero-order chi connectivity index (χ0) is 22.1. The van der Waals surface area contributed by atoms with Gasteiger partial charge in [-0.25, -0.2) is 13.8 Å². The van der Waals surface area contributed by atoms with E-state index < -0.39 is 5.92 Å². The van der Waals surface area contributed by atoms with E-state index >= 15 is 0 Å². The first kappa shape index (κ1) is 23.0. The average molecular weight is 477 g/mol. The monoisotopic (exact) mass is 476 g/mol. The van der Waals surface area contributed by atoms with Crippen molar-refractivity contribution in [3.63, 3.8) is 0 Å². The van der Waals surface area contributed by atoms with Crippen molar-refractivity contribution in [2.24, 2.45) is 5.16 Å². The number of hydrogen-bond acceptors (Lipinski definition) is 6. The molecule has 1 fully saturated rings. The lowest BCUT2D eigenvalue weighted by molar-refractivity contribution is -0.0564. The Bertz CT molecular complexity index is 1330. The SMILES string of the molecule is Cl.ON=c1cc(-c2cn3cccc3cn2)oc2ccc(OCCN3CCC(F)(F)CC3)cc12. The van der Waals surface area contributed by atoms with Crippen molar-refractivity contribution in [3.8, 4) is 17.2 Å². The molecular weight excluding hydrogens is 454 g/mol. The van der Waals surface area contributed by atoms with Crippen LogP contribution in [0.4, 0.5) is 8.78 Å². The predicted octanol–water partition coefficient (Wildman–Crippen LogP) is 4.57. The maximum absolute atomic E-state index is 13.3. The molecule has 3 aromatic heterocycles. The van der Waals surface area contributed by atoms with Gasteiger partial charge in [0.05, 0.1) is 17.1 Å². The molecule has 4 heterocycles. The van der Waals surface area contributed by atoms with E-state index in [0.29, 0.717) is 59.8 Å². The van der Waals surface area contributed by atoms with Gasteiger partial charge in [0.15, 0.2) is 5.76 Å². The number of rotatable bonds is 5. The first-order chi connectivity index (χ1) is 15.5. The van der Waals surface area contributed by atoms with Crippen LogP contribution in [0.2, 0.25) is 0 Å². The fourth-order valence-corrected chi connectivity index (χ4v) is 3.90. The van der Waals surface area contributed by atoms with Gasteiger partial charge < -0.3 is 18.8 Å². The molecule has 0 saturated carbocycles. The number of aromatic nitrogens is 2. The van der Waals surface area contributed by atoms with Crippen LogP contribution < -0.4 is 10.1 Å². The predicted molar refractivity (Wildman–Crippen MR) is 121 cm³/mol. The molecule has 0 unspecified atom stereocenters. The largest absolute Gasteiger partial charge is 0.492 e. The summed E-state index contributed by atoms with van der Waals surface area (Å²) in [5.74, 6) is -1.50. The highest BCUT2D eigenvalue weighted by atomic mass is 35.5. The minimum atomic E-state index is -2.55. The molecule has 0 amide bonds. The Morgan fingerprint density at radius 1 is 1.18 bits per heavy atom. The number of benzene rings is 1. The molecule has 0 atom stereocenters. The third-order valence-corrected chi connectivity index (χ3v) is 5.75. The molecule has 33 heavy (non-hydrogen) atoms. The number of halogens is 3. The van der Waals surface area contributed by atoms with E-state index in [1.54, 1.807) is 30.5 Å². The van der Waals surface area contributed by atoms with E-state index in [2.05, 4.69) is 10.1 Å². The van der Waals surface area contributed by atoms with E-state index in [-0.39, 0.29) is 25.2 Å². The van der Waals surface area contributed by atoms with Crippen LogP contribution in [0.1, 0.15) is 12.8 Å². The van der Waals surface area contributed by atoms with Gasteiger partial charge in [0, 0.05) is 50.9 Å². The van der Waals surface area contributed by atoms with E-state index in [0.717, 1.165) is 5.52 Å². The zero-order valence-electron chi connectivity index (χ0n) is 17.7.